The van der Waals surface area contributed by atoms with E-state index in [0.717, 1.165) is 4.52 Å². The Balaban J connectivity index is 1.91. The zero-order valence-electron chi connectivity index (χ0n) is 15.0. The number of halogens is 3. The van der Waals surface area contributed by atoms with Gasteiger partial charge in [0.2, 0.25) is 5.91 Å². The van der Waals surface area contributed by atoms with Crippen LogP contribution < -0.4 is 0 Å². The van der Waals surface area contributed by atoms with Gasteiger partial charge >= 0.3 is 6.18 Å². The second-order valence-corrected chi connectivity index (χ2v) is 6.64. The van der Waals surface area contributed by atoms with E-state index in [0.29, 0.717) is 30.0 Å². The van der Waals surface area contributed by atoms with Crippen LogP contribution in [0.3, 0.4) is 0 Å². The molecule has 0 radical (unpaired) electrons. The van der Waals surface area contributed by atoms with Crippen LogP contribution in [-0.2, 0) is 22.1 Å². The van der Waals surface area contributed by atoms with Crippen LogP contribution in [0.5, 0.6) is 0 Å². The molecule has 0 aliphatic carbocycles. The SMILES string of the molecule is Cc1nc2nc(C(F)(F)F)nn2c(C)c1CC(=O)N1C[C@@H](C)O[C@H](C)C1. The number of rotatable bonds is 2. The maximum Gasteiger partial charge on any atom is 0.453 e. The van der Waals surface area contributed by atoms with Crippen molar-refractivity contribution in [2.24, 2.45) is 0 Å². The van der Waals surface area contributed by atoms with Crippen molar-refractivity contribution in [2.75, 3.05) is 13.1 Å². The molecule has 1 aliphatic heterocycles. The molecule has 10 heteroatoms. The minimum absolute atomic E-state index is 0.0429. The van der Waals surface area contributed by atoms with Gasteiger partial charge in [0, 0.05) is 30.0 Å². The molecule has 2 atom stereocenters. The Kier molecular flexibility index (Phi) is 4.63. The Morgan fingerprint density at radius 2 is 1.81 bits per heavy atom. The first-order chi connectivity index (χ1) is 12.1. The molecule has 0 aromatic carbocycles. The zero-order valence-corrected chi connectivity index (χ0v) is 15.0. The van der Waals surface area contributed by atoms with E-state index in [9.17, 15) is 18.0 Å². The van der Waals surface area contributed by atoms with E-state index < -0.39 is 12.0 Å². The molecule has 0 bridgehead atoms. The summed E-state index contributed by atoms with van der Waals surface area (Å²) < 4.78 is 45.2. The van der Waals surface area contributed by atoms with Gasteiger partial charge in [-0.15, -0.1) is 5.10 Å². The topological polar surface area (TPSA) is 72.6 Å². The summed E-state index contributed by atoms with van der Waals surface area (Å²) in [6.45, 7) is 8.03. The zero-order chi connectivity index (χ0) is 19.2. The normalized spacial score (nSPS) is 21.4. The quantitative estimate of drug-likeness (QED) is 0.807. The number of fused-ring (bicyclic) bond motifs is 1. The Hall–Kier alpha value is -2.23. The average molecular weight is 371 g/mol. The molecule has 3 rings (SSSR count). The van der Waals surface area contributed by atoms with Crippen molar-refractivity contribution in [2.45, 2.75) is 52.5 Å². The summed E-state index contributed by atoms with van der Waals surface area (Å²) in [4.78, 5) is 21.9. The number of alkyl halides is 3. The third kappa shape index (κ3) is 3.50. The lowest BCUT2D eigenvalue weighted by Crippen LogP contribution is -2.48. The second kappa shape index (κ2) is 6.49. The van der Waals surface area contributed by atoms with Crippen LogP contribution in [0.1, 0.15) is 36.6 Å². The van der Waals surface area contributed by atoms with Crippen molar-refractivity contribution in [3.63, 3.8) is 0 Å². The number of amides is 1. The summed E-state index contributed by atoms with van der Waals surface area (Å²) in [6, 6.07) is 0. The van der Waals surface area contributed by atoms with Gasteiger partial charge in [-0.25, -0.2) is 9.50 Å². The molecule has 0 spiro atoms. The minimum atomic E-state index is -4.65. The van der Waals surface area contributed by atoms with Crippen LogP contribution in [0, 0.1) is 13.8 Å². The molecule has 1 aliphatic rings. The number of carbonyl (C=O) groups excluding carboxylic acids is 1. The van der Waals surface area contributed by atoms with Crippen molar-refractivity contribution in [3.05, 3.63) is 22.8 Å². The fraction of sp³-hybridized carbons (Fsp3) is 0.625. The first-order valence-corrected chi connectivity index (χ1v) is 8.29. The minimum Gasteiger partial charge on any atom is -0.372 e. The summed E-state index contributed by atoms with van der Waals surface area (Å²) in [5.41, 5.74) is 1.46. The summed E-state index contributed by atoms with van der Waals surface area (Å²) in [5, 5.41) is 3.50. The summed E-state index contributed by atoms with van der Waals surface area (Å²) in [6.07, 6.45) is -4.73. The summed E-state index contributed by atoms with van der Waals surface area (Å²) in [5.74, 6) is -1.49. The van der Waals surface area contributed by atoms with Gasteiger partial charge in [-0.05, 0) is 27.7 Å². The standard InChI is InChI=1S/C16H20F3N5O2/c1-8-6-23(7-9(2)26-8)13(25)5-12-10(3)20-15-21-14(16(17,18)19)22-24(15)11(12)4/h8-9H,5-7H2,1-4H3/t8-,9-/m1/s1. The predicted octanol–water partition coefficient (Wildman–Crippen LogP) is 1.94. The molecule has 1 saturated heterocycles. The van der Waals surface area contributed by atoms with E-state index in [1.807, 2.05) is 13.8 Å². The van der Waals surface area contributed by atoms with Crippen molar-refractivity contribution in [1.29, 1.82) is 0 Å². The van der Waals surface area contributed by atoms with E-state index in [1.165, 1.54) is 0 Å². The molecule has 3 heterocycles. The van der Waals surface area contributed by atoms with Crippen LogP contribution >= 0.6 is 0 Å². The third-order valence-corrected chi connectivity index (χ3v) is 4.40. The maximum absolute atomic E-state index is 12.8. The Morgan fingerprint density at radius 1 is 1.19 bits per heavy atom. The smallest absolute Gasteiger partial charge is 0.372 e. The number of aromatic nitrogens is 4. The predicted molar refractivity (Wildman–Crippen MR) is 85.6 cm³/mol. The molecular formula is C16H20F3N5O2. The number of hydrogen-bond acceptors (Lipinski definition) is 5. The second-order valence-electron chi connectivity index (χ2n) is 6.64. The summed E-state index contributed by atoms with van der Waals surface area (Å²) >= 11 is 0. The van der Waals surface area contributed by atoms with Crippen LogP contribution in [0.2, 0.25) is 0 Å². The fourth-order valence-electron chi connectivity index (χ4n) is 3.23. The van der Waals surface area contributed by atoms with Crippen LogP contribution in [0.4, 0.5) is 13.2 Å². The molecule has 1 amide bonds. The molecule has 2 aromatic heterocycles. The van der Waals surface area contributed by atoms with Gasteiger partial charge in [0.25, 0.3) is 11.6 Å². The van der Waals surface area contributed by atoms with Crippen LogP contribution in [0.15, 0.2) is 0 Å². The Labute approximate surface area is 148 Å². The number of morpholine rings is 1. The van der Waals surface area contributed by atoms with Gasteiger partial charge in [-0.3, -0.25) is 4.79 Å². The van der Waals surface area contributed by atoms with E-state index in [2.05, 4.69) is 15.1 Å². The van der Waals surface area contributed by atoms with Crippen molar-refractivity contribution in [1.82, 2.24) is 24.5 Å². The lowest BCUT2D eigenvalue weighted by molar-refractivity contribution is -0.144. The van der Waals surface area contributed by atoms with E-state index in [1.54, 1.807) is 18.7 Å². The molecule has 0 unspecified atom stereocenters. The number of aryl methyl sites for hydroxylation is 2. The lowest BCUT2D eigenvalue weighted by Gasteiger charge is -2.35. The van der Waals surface area contributed by atoms with Crippen molar-refractivity contribution in [3.8, 4) is 0 Å². The molecule has 7 nitrogen and oxygen atoms in total. The third-order valence-electron chi connectivity index (χ3n) is 4.40. The monoisotopic (exact) mass is 371 g/mol. The molecular weight excluding hydrogens is 351 g/mol. The average Bonchev–Trinajstić information content (AvgIpc) is 2.94. The number of ether oxygens (including phenoxy) is 1. The highest BCUT2D eigenvalue weighted by molar-refractivity contribution is 5.79. The van der Waals surface area contributed by atoms with Crippen LogP contribution in [-0.4, -0.2) is 55.7 Å². The lowest BCUT2D eigenvalue weighted by atomic mass is 10.1. The molecule has 0 saturated carbocycles. The Morgan fingerprint density at radius 3 is 2.38 bits per heavy atom. The Bertz CT molecular complexity index is 839. The van der Waals surface area contributed by atoms with Crippen molar-refractivity contribution >= 4 is 11.7 Å². The first kappa shape index (κ1) is 18.6. The van der Waals surface area contributed by atoms with Gasteiger partial charge in [0.15, 0.2) is 0 Å². The largest absolute Gasteiger partial charge is 0.453 e. The highest BCUT2D eigenvalue weighted by Gasteiger charge is 2.37. The summed E-state index contributed by atoms with van der Waals surface area (Å²) in [7, 11) is 0. The highest BCUT2D eigenvalue weighted by atomic mass is 19.4. The first-order valence-electron chi connectivity index (χ1n) is 8.29. The molecule has 1 fully saturated rings. The maximum atomic E-state index is 12.8. The van der Waals surface area contributed by atoms with E-state index >= 15 is 0 Å². The van der Waals surface area contributed by atoms with Gasteiger partial charge in [0.1, 0.15) is 0 Å². The molecule has 142 valence electrons. The van der Waals surface area contributed by atoms with E-state index in [-0.39, 0.29) is 30.3 Å². The van der Waals surface area contributed by atoms with Gasteiger partial charge in [-0.1, -0.05) is 0 Å². The molecule has 2 aromatic rings. The van der Waals surface area contributed by atoms with E-state index in [4.69, 9.17) is 4.74 Å². The van der Waals surface area contributed by atoms with Crippen LogP contribution in [0.25, 0.3) is 5.78 Å². The fourth-order valence-corrected chi connectivity index (χ4v) is 3.23. The highest BCUT2D eigenvalue weighted by Crippen LogP contribution is 2.27. The number of nitrogens with zero attached hydrogens (tertiary/aromatic N) is 5. The van der Waals surface area contributed by atoms with Gasteiger partial charge < -0.3 is 9.64 Å². The molecule has 26 heavy (non-hydrogen) atoms. The molecule has 0 N–H and O–H groups in total. The van der Waals surface area contributed by atoms with Gasteiger partial charge in [-0.2, -0.15) is 18.2 Å². The van der Waals surface area contributed by atoms with Crippen molar-refractivity contribution < 1.29 is 22.7 Å². The van der Waals surface area contributed by atoms with Gasteiger partial charge in [0.05, 0.1) is 18.6 Å². The number of carbonyl (C=O) groups is 1. The number of hydrogen-bond donors (Lipinski definition) is 0.